The maximum atomic E-state index is 6.29. The van der Waals surface area contributed by atoms with E-state index in [1.165, 1.54) is 0 Å². The lowest BCUT2D eigenvalue weighted by molar-refractivity contribution is -0.120. The molecule has 0 atom stereocenters. The van der Waals surface area contributed by atoms with Crippen molar-refractivity contribution in [1.82, 2.24) is 0 Å². The standard InChI is InChI=1S/C18H42O4S2Si2/c1-7-13-19-17(25-11-5,20-14-8-2)23-24-18(26-12-6,21-15-9-3)22-16-10-4/h7-16,25-26H2,1-6H3. The Bertz CT molecular complexity index is 280. The fourth-order valence-electron chi connectivity index (χ4n) is 2.32. The van der Waals surface area contributed by atoms with Gasteiger partial charge in [0.1, 0.15) is 19.0 Å². The van der Waals surface area contributed by atoms with Crippen LogP contribution in [0.5, 0.6) is 0 Å². The molecule has 0 aliphatic rings. The molecule has 0 N–H and O–H groups in total. The number of hydrogen-bond acceptors (Lipinski definition) is 6. The second-order valence-electron chi connectivity index (χ2n) is 6.43. The maximum absolute atomic E-state index is 6.29. The Morgan fingerprint density at radius 3 is 1.00 bits per heavy atom. The third kappa shape index (κ3) is 11.1. The molecule has 0 saturated carbocycles. The smallest absolute Gasteiger partial charge is 0.200 e. The van der Waals surface area contributed by atoms with Crippen LogP contribution in [0, 0.1) is 0 Å². The molecule has 0 amide bonds. The van der Waals surface area contributed by atoms with Crippen LogP contribution < -0.4 is 0 Å². The van der Waals surface area contributed by atoms with Crippen LogP contribution in [0.1, 0.15) is 67.2 Å². The minimum Gasteiger partial charge on any atom is -0.345 e. The van der Waals surface area contributed by atoms with Crippen LogP contribution in [0.2, 0.25) is 12.1 Å². The normalized spacial score (nSPS) is 13.6. The van der Waals surface area contributed by atoms with E-state index in [1.54, 1.807) is 21.6 Å². The van der Waals surface area contributed by atoms with Gasteiger partial charge in [-0.15, -0.1) is 0 Å². The van der Waals surface area contributed by atoms with E-state index in [4.69, 9.17) is 18.9 Å². The van der Waals surface area contributed by atoms with E-state index in [9.17, 15) is 0 Å². The van der Waals surface area contributed by atoms with Gasteiger partial charge in [-0.25, -0.2) is 0 Å². The second kappa shape index (κ2) is 16.9. The van der Waals surface area contributed by atoms with Crippen molar-refractivity contribution in [1.29, 1.82) is 0 Å². The minimum atomic E-state index is -0.531. The summed E-state index contributed by atoms with van der Waals surface area (Å²) in [5, 5.41) is 0. The Hall–Kier alpha value is 0.974. The fraction of sp³-hybridized carbons (Fsp3) is 1.00. The van der Waals surface area contributed by atoms with Crippen LogP contribution in [-0.4, -0.2) is 55.0 Å². The van der Waals surface area contributed by atoms with E-state index in [2.05, 4.69) is 41.5 Å². The highest BCUT2D eigenvalue weighted by Crippen LogP contribution is 2.46. The van der Waals surface area contributed by atoms with E-state index in [-0.39, 0.29) is 0 Å². The van der Waals surface area contributed by atoms with E-state index >= 15 is 0 Å². The first-order chi connectivity index (χ1) is 12.6. The van der Waals surface area contributed by atoms with Gasteiger partial charge in [-0.1, -0.05) is 53.6 Å². The number of rotatable bonds is 19. The molecule has 0 rings (SSSR count). The molecule has 0 aromatic carbocycles. The molecule has 0 saturated heterocycles. The topological polar surface area (TPSA) is 36.9 Å². The molecule has 0 aromatic heterocycles. The number of ether oxygens (including phenoxy) is 4. The van der Waals surface area contributed by atoms with Crippen LogP contribution >= 0.6 is 21.6 Å². The van der Waals surface area contributed by atoms with Crippen molar-refractivity contribution in [2.24, 2.45) is 0 Å². The van der Waals surface area contributed by atoms with Gasteiger partial charge in [-0.05, 0) is 47.3 Å². The van der Waals surface area contributed by atoms with Gasteiger partial charge < -0.3 is 18.9 Å². The zero-order chi connectivity index (χ0) is 19.7. The van der Waals surface area contributed by atoms with Crippen molar-refractivity contribution in [2.75, 3.05) is 26.4 Å². The lowest BCUT2D eigenvalue weighted by atomic mass is 10.5. The summed E-state index contributed by atoms with van der Waals surface area (Å²) >= 11 is 0. The summed E-state index contributed by atoms with van der Waals surface area (Å²) in [7, 11) is 2.42. The van der Waals surface area contributed by atoms with E-state index in [0.29, 0.717) is 0 Å². The van der Waals surface area contributed by atoms with Crippen molar-refractivity contribution < 1.29 is 18.9 Å². The molecule has 0 spiro atoms. The zero-order valence-electron chi connectivity index (χ0n) is 17.9. The van der Waals surface area contributed by atoms with Crippen LogP contribution in [0.4, 0.5) is 0 Å². The Labute approximate surface area is 174 Å². The summed E-state index contributed by atoms with van der Waals surface area (Å²) in [6.45, 7) is 16.1. The van der Waals surface area contributed by atoms with Crippen molar-refractivity contribution in [3.05, 3.63) is 0 Å². The molecular formula is C18H42O4S2Si2. The van der Waals surface area contributed by atoms with Crippen molar-refractivity contribution in [3.8, 4) is 0 Å². The van der Waals surface area contributed by atoms with Gasteiger partial charge in [0.05, 0.1) is 26.4 Å². The SMILES string of the molecule is CCCOC(OCCC)([SiH2]CC)SSC(OCCC)(OCCC)[SiH2]CC. The minimum absolute atomic E-state index is 0.468. The van der Waals surface area contributed by atoms with Gasteiger partial charge in [0.2, 0.25) is 0 Å². The third-order valence-electron chi connectivity index (χ3n) is 3.51. The van der Waals surface area contributed by atoms with Crippen LogP contribution in [0.25, 0.3) is 0 Å². The molecule has 0 bridgehead atoms. The van der Waals surface area contributed by atoms with Gasteiger partial charge in [0, 0.05) is 0 Å². The van der Waals surface area contributed by atoms with Crippen LogP contribution in [0.3, 0.4) is 0 Å². The Morgan fingerprint density at radius 1 is 0.538 bits per heavy atom. The highest BCUT2D eigenvalue weighted by molar-refractivity contribution is 8.78. The maximum Gasteiger partial charge on any atom is 0.200 e. The summed E-state index contributed by atoms with van der Waals surface area (Å²) in [5.74, 6) is 0. The summed E-state index contributed by atoms with van der Waals surface area (Å²) in [6, 6.07) is 2.32. The summed E-state index contributed by atoms with van der Waals surface area (Å²) < 4.78 is 24.2. The van der Waals surface area contributed by atoms with Crippen molar-refractivity contribution >= 4 is 40.6 Å². The van der Waals surface area contributed by atoms with Gasteiger partial charge >= 0.3 is 0 Å². The van der Waals surface area contributed by atoms with Crippen molar-refractivity contribution in [3.63, 3.8) is 0 Å². The number of hydrogen-bond donors (Lipinski definition) is 0. The first-order valence-corrected chi connectivity index (χ1v) is 16.1. The lowest BCUT2D eigenvalue weighted by Crippen LogP contribution is -2.43. The van der Waals surface area contributed by atoms with Gasteiger partial charge in [-0.3, -0.25) is 0 Å². The largest absolute Gasteiger partial charge is 0.345 e. The average Bonchev–Trinajstić information content (AvgIpc) is 2.66. The molecule has 0 aliphatic heterocycles. The monoisotopic (exact) mass is 442 g/mol. The summed E-state index contributed by atoms with van der Waals surface area (Å²) in [6.07, 6.45) is 4.03. The van der Waals surface area contributed by atoms with E-state index in [0.717, 1.165) is 64.2 Å². The molecule has 158 valence electrons. The molecule has 4 nitrogen and oxygen atoms in total. The van der Waals surface area contributed by atoms with Crippen LogP contribution in [0.15, 0.2) is 0 Å². The molecule has 0 radical (unpaired) electrons. The molecule has 0 unspecified atom stereocenters. The Kier molecular flexibility index (Phi) is 17.5. The highest BCUT2D eigenvalue weighted by atomic mass is 33.1. The first kappa shape index (κ1) is 27.0. The fourth-order valence-corrected chi connectivity index (χ4v) is 11.3. The predicted molar refractivity (Wildman–Crippen MR) is 124 cm³/mol. The Balaban J connectivity index is 5.27. The molecule has 0 fully saturated rings. The third-order valence-corrected chi connectivity index (χ3v) is 12.7. The van der Waals surface area contributed by atoms with Gasteiger partial charge in [-0.2, -0.15) is 0 Å². The summed E-state index contributed by atoms with van der Waals surface area (Å²) in [4.78, 5) is 0. The van der Waals surface area contributed by atoms with Gasteiger partial charge in [0.25, 0.3) is 0 Å². The molecular weight excluding hydrogens is 401 g/mol. The molecule has 8 heteroatoms. The lowest BCUT2D eigenvalue weighted by Gasteiger charge is -2.38. The van der Waals surface area contributed by atoms with Crippen LogP contribution in [-0.2, 0) is 18.9 Å². The molecule has 0 aromatic rings. The quantitative estimate of drug-likeness (QED) is 0.166. The average molecular weight is 443 g/mol. The van der Waals surface area contributed by atoms with E-state index < -0.39 is 28.5 Å². The highest BCUT2D eigenvalue weighted by Gasteiger charge is 2.40. The second-order valence-corrected chi connectivity index (χ2v) is 14.9. The molecule has 0 aliphatic carbocycles. The zero-order valence-corrected chi connectivity index (χ0v) is 22.4. The first-order valence-electron chi connectivity index (χ1n) is 10.5. The predicted octanol–water partition coefficient (Wildman–Crippen LogP) is 4.51. The van der Waals surface area contributed by atoms with E-state index in [1.807, 2.05) is 0 Å². The van der Waals surface area contributed by atoms with Crippen molar-refractivity contribution in [2.45, 2.75) is 88.8 Å². The summed E-state index contributed by atoms with van der Waals surface area (Å²) in [5.41, 5.74) is 0. The molecule has 26 heavy (non-hydrogen) atoms. The molecule has 0 heterocycles. The Morgan fingerprint density at radius 2 is 0.808 bits per heavy atom. The van der Waals surface area contributed by atoms with Gasteiger partial charge in [0.15, 0.2) is 9.48 Å².